The van der Waals surface area contributed by atoms with E-state index in [0.29, 0.717) is 21.6 Å². The average Bonchev–Trinajstić information content (AvgIpc) is 2.49. The molecule has 0 bridgehead atoms. The summed E-state index contributed by atoms with van der Waals surface area (Å²) >= 11 is 5.85. The maximum atomic E-state index is 12.4. The van der Waals surface area contributed by atoms with Gasteiger partial charge in [0.25, 0.3) is 0 Å². The monoisotopic (exact) mass is 296 g/mol. The zero-order valence-electron chi connectivity index (χ0n) is 11.5. The Morgan fingerprint density at radius 2 is 1.81 bits per heavy atom. The fraction of sp³-hybridized carbons (Fsp3) is 0.0556. The van der Waals surface area contributed by atoms with E-state index in [2.05, 4.69) is 0 Å². The first-order valence-electron chi connectivity index (χ1n) is 6.59. The molecule has 21 heavy (non-hydrogen) atoms. The molecule has 0 radical (unpaired) electrons. The molecule has 0 aliphatic heterocycles. The number of aryl methyl sites for hydroxylation is 1. The lowest BCUT2D eigenvalue weighted by atomic mass is 10.1. The summed E-state index contributed by atoms with van der Waals surface area (Å²) in [5, 5.41) is 1.29. The van der Waals surface area contributed by atoms with Crippen LogP contribution in [0.2, 0.25) is 5.02 Å². The van der Waals surface area contributed by atoms with Crippen LogP contribution in [0.5, 0.6) is 0 Å². The minimum Gasteiger partial charge on any atom is -0.463 e. The summed E-state index contributed by atoms with van der Waals surface area (Å²) in [4.78, 5) is 12.4. The predicted molar refractivity (Wildman–Crippen MR) is 87.6 cm³/mol. The van der Waals surface area contributed by atoms with Gasteiger partial charge in [-0.15, -0.1) is 0 Å². The van der Waals surface area contributed by atoms with Crippen LogP contribution in [0, 0.1) is 6.92 Å². The van der Waals surface area contributed by atoms with E-state index in [4.69, 9.17) is 16.0 Å². The van der Waals surface area contributed by atoms with E-state index in [1.807, 2.05) is 55.5 Å². The molecule has 104 valence electrons. The molecular formula is C18H13ClO2. The van der Waals surface area contributed by atoms with Crippen molar-refractivity contribution in [1.82, 2.24) is 0 Å². The molecule has 3 rings (SSSR count). The van der Waals surface area contributed by atoms with Crippen molar-refractivity contribution in [2.24, 2.45) is 0 Å². The maximum absolute atomic E-state index is 12.4. The van der Waals surface area contributed by atoms with Gasteiger partial charge in [0.05, 0.1) is 10.9 Å². The minimum atomic E-state index is -0.0230. The van der Waals surface area contributed by atoms with Crippen molar-refractivity contribution in [2.75, 3.05) is 0 Å². The van der Waals surface area contributed by atoms with E-state index in [9.17, 15) is 4.79 Å². The fourth-order valence-electron chi connectivity index (χ4n) is 2.13. The second kappa shape index (κ2) is 5.58. The van der Waals surface area contributed by atoms with Crippen molar-refractivity contribution in [1.29, 1.82) is 0 Å². The lowest BCUT2D eigenvalue weighted by molar-refractivity contribution is 0.601. The van der Waals surface area contributed by atoms with E-state index >= 15 is 0 Å². The molecular weight excluding hydrogens is 284 g/mol. The molecule has 0 unspecified atom stereocenters. The second-order valence-corrected chi connectivity index (χ2v) is 5.34. The third-order valence-electron chi connectivity index (χ3n) is 3.28. The van der Waals surface area contributed by atoms with Crippen molar-refractivity contribution in [3.63, 3.8) is 0 Å². The summed E-state index contributed by atoms with van der Waals surface area (Å²) in [6.07, 6.45) is 5.12. The van der Waals surface area contributed by atoms with E-state index in [1.54, 1.807) is 6.08 Å². The molecule has 0 saturated carbocycles. The van der Waals surface area contributed by atoms with Gasteiger partial charge in [0.2, 0.25) is 0 Å². The maximum Gasteiger partial charge on any atom is 0.199 e. The van der Waals surface area contributed by atoms with Crippen LogP contribution in [0.1, 0.15) is 16.7 Å². The molecule has 0 aliphatic rings. The first-order chi connectivity index (χ1) is 10.1. The van der Waals surface area contributed by atoms with Crippen LogP contribution < -0.4 is 5.43 Å². The van der Waals surface area contributed by atoms with Crippen molar-refractivity contribution < 1.29 is 4.42 Å². The van der Waals surface area contributed by atoms with Gasteiger partial charge in [-0.2, -0.15) is 0 Å². The van der Waals surface area contributed by atoms with Crippen LogP contribution in [0.15, 0.2) is 57.9 Å². The fourth-order valence-corrected chi connectivity index (χ4v) is 2.26. The minimum absolute atomic E-state index is 0.0230. The third-order valence-corrected chi connectivity index (χ3v) is 3.53. The van der Waals surface area contributed by atoms with Gasteiger partial charge >= 0.3 is 0 Å². The normalized spacial score (nSPS) is 11.3. The Hall–Kier alpha value is -2.32. The Balaban J connectivity index is 2.03. The average molecular weight is 297 g/mol. The first kappa shape index (κ1) is 13.7. The van der Waals surface area contributed by atoms with Crippen LogP contribution in [0.25, 0.3) is 23.1 Å². The summed E-state index contributed by atoms with van der Waals surface area (Å²) in [5.74, 6) is 0. The number of halogens is 1. The molecule has 0 aliphatic carbocycles. The highest BCUT2D eigenvalue weighted by atomic mass is 35.5. The number of benzene rings is 2. The number of hydrogen-bond acceptors (Lipinski definition) is 2. The van der Waals surface area contributed by atoms with Crippen molar-refractivity contribution in [3.05, 3.63) is 80.7 Å². The van der Waals surface area contributed by atoms with Gasteiger partial charge in [0.15, 0.2) is 5.43 Å². The summed E-state index contributed by atoms with van der Waals surface area (Å²) in [6.45, 7) is 1.95. The van der Waals surface area contributed by atoms with Gasteiger partial charge < -0.3 is 4.42 Å². The van der Waals surface area contributed by atoms with Gasteiger partial charge in [0.1, 0.15) is 11.8 Å². The van der Waals surface area contributed by atoms with Gasteiger partial charge in [-0.1, -0.05) is 41.4 Å². The Bertz CT molecular complexity index is 874. The molecule has 1 heterocycles. The smallest absolute Gasteiger partial charge is 0.199 e. The number of hydrogen-bond donors (Lipinski definition) is 0. The van der Waals surface area contributed by atoms with Crippen LogP contribution in [-0.2, 0) is 0 Å². The van der Waals surface area contributed by atoms with Crippen LogP contribution in [0.3, 0.4) is 0 Å². The molecule has 3 aromatic rings. The third kappa shape index (κ3) is 2.91. The summed E-state index contributed by atoms with van der Waals surface area (Å²) < 4.78 is 5.51. The van der Waals surface area contributed by atoms with E-state index in [1.165, 1.54) is 6.26 Å². The van der Waals surface area contributed by atoms with Gasteiger partial charge in [0, 0.05) is 5.02 Å². The van der Waals surface area contributed by atoms with Crippen molar-refractivity contribution in [3.8, 4) is 0 Å². The second-order valence-electron chi connectivity index (χ2n) is 4.90. The summed E-state index contributed by atoms with van der Waals surface area (Å²) in [7, 11) is 0. The van der Waals surface area contributed by atoms with Crippen LogP contribution in [0.4, 0.5) is 0 Å². The van der Waals surface area contributed by atoms with Crippen LogP contribution >= 0.6 is 11.6 Å². The van der Waals surface area contributed by atoms with Crippen molar-refractivity contribution >= 4 is 34.7 Å². The van der Waals surface area contributed by atoms with Gasteiger partial charge in [-0.25, -0.2) is 0 Å². The molecule has 0 spiro atoms. The van der Waals surface area contributed by atoms with E-state index in [-0.39, 0.29) is 5.43 Å². The molecule has 0 amide bonds. The topological polar surface area (TPSA) is 30.2 Å². The lowest BCUT2D eigenvalue weighted by Gasteiger charge is -2.00. The predicted octanol–water partition coefficient (Wildman–Crippen LogP) is 4.93. The molecule has 2 nitrogen and oxygen atoms in total. The molecule has 0 saturated heterocycles. The molecule has 0 fully saturated rings. The number of rotatable bonds is 2. The quantitative estimate of drug-likeness (QED) is 0.671. The lowest BCUT2D eigenvalue weighted by Crippen LogP contribution is -2.04. The molecule has 2 aromatic carbocycles. The number of fused-ring (bicyclic) bond motifs is 1. The Morgan fingerprint density at radius 1 is 1.05 bits per heavy atom. The highest BCUT2D eigenvalue weighted by Crippen LogP contribution is 2.15. The van der Waals surface area contributed by atoms with Gasteiger partial charge in [-0.3, -0.25) is 4.79 Å². The summed E-state index contributed by atoms with van der Waals surface area (Å²) in [6, 6.07) is 13.0. The standard InChI is InChI=1S/C18H13ClO2/c1-12-2-9-17-16(10-12)18(20)14(11-21-17)6-3-13-4-7-15(19)8-5-13/h2-11H,1H3/b6-3+. The zero-order chi connectivity index (χ0) is 14.8. The van der Waals surface area contributed by atoms with E-state index < -0.39 is 0 Å². The van der Waals surface area contributed by atoms with Crippen LogP contribution in [-0.4, -0.2) is 0 Å². The molecule has 0 N–H and O–H groups in total. The SMILES string of the molecule is Cc1ccc2occ(/C=C/c3ccc(Cl)cc3)c(=O)c2c1. The van der Waals surface area contributed by atoms with Gasteiger partial charge in [-0.05, 0) is 42.8 Å². The molecule has 1 aromatic heterocycles. The molecule has 3 heteroatoms. The Labute approximate surface area is 127 Å². The highest BCUT2D eigenvalue weighted by molar-refractivity contribution is 6.30. The highest BCUT2D eigenvalue weighted by Gasteiger charge is 2.04. The largest absolute Gasteiger partial charge is 0.463 e. The van der Waals surface area contributed by atoms with E-state index in [0.717, 1.165) is 11.1 Å². The Morgan fingerprint density at radius 3 is 2.57 bits per heavy atom. The zero-order valence-corrected chi connectivity index (χ0v) is 12.2. The first-order valence-corrected chi connectivity index (χ1v) is 6.97. The Kier molecular flexibility index (Phi) is 3.63. The summed E-state index contributed by atoms with van der Waals surface area (Å²) in [5.41, 5.74) is 3.12. The molecule has 0 atom stereocenters. The van der Waals surface area contributed by atoms with Crippen molar-refractivity contribution in [2.45, 2.75) is 6.92 Å².